The van der Waals surface area contributed by atoms with Gasteiger partial charge in [-0.15, -0.1) is 0 Å². The number of amides is 2. The molecule has 2 aromatic rings. The lowest BCUT2D eigenvalue weighted by molar-refractivity contribution is -0.141. The van der Waals surface area contributed by atoms with Gasteiger partial charge in [0, 0.05) is 36.1 Å². The summed E-state index contributed by atoms with van der Waals surface area (Å²) in [6.45, 7) is 10.5. The van der Waals surface area contributed by atoms with Crippen LogP contribution in [-0.4, -0.2) is 50.5 Å². The molecule has 210 valence electrons. The van der Waals surface area contributed by atoms with Crippen LogP contribution in [-0.2, 0) is 26.2 Å². The molecule has 1 N–H and O–H groups in total. The van der Waals surface area contributed by atoms with Gasteiger partial charge in [0.15, 0.2) is 0 Å². The number of rotatable bonds is 13. The zero-order chi connectivity index (χ0) is 28.6. The van der Waals surface area contributed by atoms with Gasteiger partial charge in [-0.05, 0) is 73.6 Å². The number of nitrogens with zero attached hydrogens (tertiary/aromatic N) is 2. The van der Waals surface area contributed by atoms with Crippen LogP contribution in [0.25, 0.3) is 0 Å². The van der Waals surface area contributed by atoms with Gasteiger partial charge in [-0.1, -0.05) is 56.1 Å². The van der Waals surface area contributed by atoms with Crippen LogP contribution in [0.15, 0.2) is 36.4 Å². The summed E-state index contributed by atoms with van der Waals surface area (Å²) in [6, 6.07) is 9.96. The molecule has 7 nitrogen and oxygen atoms in total. The maximum absolute atomic E-state index is 13.6. The van der Waals surface area contributed by atoms with Crippen molar-refractivity contribution in [2.75, 3.05) is 23.7 Å². The third kappa shape index (κ3) is 9.47. The van der Waals surface area contributed by atoms with Crippen LogP contribution < -0.4 is 9.62 Å². The van der Waals surface area contributed by atoms with E-state index in [9.17, 15) is 18.0 Å². The monoisotopic (exact) mass is 583 g/mol. The molecule has 0 unspecified atom stereocenters. The minimum Gasteiger partial charge on any atom is -0.354 e. The topological polar surface area (TPSA) is 86.8 Å². The number of nitrogens with one attached hydrogen (secondary N) is 1. The molecule has 0 aliphatic rings. The van der Waals surface area contributed by atoms with Crippen LogP contribution >= 0.6 is 23.2 Å². The summed E-state index contributed by atoms with van der Waals surface area (Å²) in [7, 11) is -3.56. The maximum atomic E-state index is 13.6. The van der Waals surface area contributed by atoms with Crippen LogP contribution in [0.2, 0.25) is 10.0 Å². The van der Waals surface area contributed by atoms with Gasteiger partial charge < -0.3 is 10.2 Å². The molecule has 0 aliphatic heterocycles. The molecule has 0 saturated heterocycles. The highest BCUT2D eigenvalue weighted by atomic mass is 35.5. The first-order valence-electron chi connectivity index (χ1n) is 12.8. The Morgan fingerprint density at radius 1 is 1.03 bits per heavy atom. The van der Waals surface area contributed by atoms with Gasteiger partial charge in [0.1, 0.15) is 6.04 Å². The van der Waals surface area contributed by atoms with E-state index in [1.165, 1.54) is 9.21 Å². The minimum atomic E-state index is -3.56. The summed E-state index contributed by atoms with van der Waals surface area (Å²) in [4.78, 5) is 28.2. The van der Waals surface area contributed by atoms with Crippen molar-refractivity contribution in [2.24, 2.45) is 5.92 Å². The van der Waals surface area contributed by atoms with E-state index in [0.717, 1.165) is 17.4 Å². The van der Waals surface area contributed by atoms with E-state index in [4.69, 9.17) is 23.2 Å². The average Bonchev–Trinajstić information content (AvgIpc) is 2.80. The zero-order valence-electron chi connectivity index (χ0n) is 23.1. The predicted octanol–water partition coefficient (Wildman–Crippen LogP) is 5.74. The molecule has 0 radical (unpaired) electrons. The highest BCUT2D eigenvalue weighted by Gasteiger charge is 2.29. The Kier molecular flexibility index (Phi) is 11.9. The number of hydrogen-bond acceptors (Lipinski definition) is 4. The zero-order valence-corrected chi connectivity index (χ0v) is 25.4. The van der Waals surface area contributed by atoms with E-state index in [0.29, 0.717) is 34.3 Å². The van der Waals surface area contributed by atoms with E-state index in [-0.39, 0.29) is 43.7 Å². The average molecular weight is 585 g/mol. The van der Waals surface area contributed by atoms with Crippen LogP contribution in [0.5, 0.6) is 0 Å². The number of sulfonamides is 1. The first-order chi connectivity index (χ1) is 17.7. The molecule has 0 aromatic heterocycles. The fourth-order valence-electron chi connectivity index (χ4n) is 4.27. The molecule has 0 aliphatic carbocycles. The Hall–Kier alpha value is -2.29. The summed E-state index contributed by atoms with van der Waals surface area (Å²) in [5.74, 6) is -0.220. The minimum absolute atomic E-state index is 0.0655. The van der Waals surface area contributed by atoms with E-state index in [1.54, 1.807) is 18.2 Å². The summed E-state index contributed by atoms with van der Waals surface area (Å²) >= 11 is 12.5. The van der Waals surface area contributed by atoms with E-state index >= 15 is 0 Å². The van der Waals surface area contributed by atoms with Gasteiger partial charge >= 0.3 is 0 Å². The highest BCUT2D eigenvalue weighted by Crippen LogP contribution is 2.25. The molecule has 1 atom stereocenters. The van der Waals surface area contributed by atoms with Crippen molar-refractivity contribution in [1.29, 1.82) is 0 Å². The molecular weight excluding hydrogens is 545 g/mol. The molecular formula is C28H39Cl2N3O4S. The normalized spacial score (nSPS) is 12.3. The molecule has 0 saturated carbocycles. The standard InChI is InChI=1S/C28H39Cl2N3O4S/c1-7-26(28(35)31-17-19(2)3)32(18-22-10-11-23(29)16-25(22)30)27(34)9-8-12-33(38(6,36)37)24-14-20(4)13-21(5)15-24/h10-11,13-16,19,26H,7-9,12,17-18H2,1-6H3,(H,31,35)/t26-/m0/s1. The van der Waals surface area contributed by atoms with Gasteiger partial charge in [0.2, 0.25) is 21.8 Å². The van der Waals surface area contributed by atoms with Crippen molar-refractivity contribution in [3.05, 3.63) is 63.1 Å². The molecule has 0 bridgehead atoms. The Morgan fingerprint density at radius 2 is 1.66 bits per heavy atom. The number of anilines is 1. The van der Waals surface area contributed by atoms with Crippen LogP contribution in [0.3, 0.4) is 0 Å². The fraction of sp³-hybridized carbons (Fsp3) is 0.500. The third-order valence-electron chi connectivity index (χ3n) is 6.07. The summed E-state index contributed by atoms with van der Waals surface area (Å²) < 4.78 is 26.5. The Morgan fingerprint density at radius 3 is 2.18 bits per heavy atom. The van der Waals surface area contributed by atoms with Crippen molar-refractivity contribution < 1.29 is 18.0 Å². The SMILES string of the molecule is CC[C@@H](C(=O)NCC(C)C)N(Cc1ccc(Cl)cc1Cl)C(=O)CCCN(c1cc(C)cc(C)c1)S(C)(=O)=O. The number of halogens is 2. The third-order valence-corrected chi connectivity index (χ3v) is 7.85. The molecule has 2 rings (SSSR count). The Labute approximate surface area is 237 Å². The number of hydrogen-bond donors (Lipinski definition) is 1. The Bertz CT molecular complexity index is 1210. The lowest BCUT2D eigenvalue weighted by atomic mass is 10.1. The van der Waals surface area contributed by atoms with Crippen LogP contribution in [0, 0.1) is 19.8 Å². The molecule has 0 spiro atoms. The number of benzene rings is 2. The van der Waals surface area contributed by atoms with Crippen molar-refractivity contribution in [2.45, 2.75) is 66.5 Å². The van der Waals surface area contributed by atoms with E-state index in [2.05, 4.69) is 5.32 Å². The summed E-state index contributed by atoms with van der Waals surface area (Å²) in [6.07, 6.45) is 1.93. The molecule has 2 amide bonds. The lowest BCUT2D eigenvalue weighted by Crippen LogP contribution is -2.49. The molecule has 38 heavy (non-hydrogen) atoms. The van der Waals surface area contributed by atoms with E-state index in [1.807, 2.05) is 52.8 Å². The Balaban J connectivity index is 2.27. The molecule has 0 fully saturated rings. The first kappa shape index (κ1) is 31.9. The number of carbonyl (C=O) groups excluding carboxylic acids is 2. The van der Waals surface area contributed by atoms with E-state index < -0.39 is 16.1 Å². The summed E-state index contributed by atoms with van der Waals surface area (Å²) in [5.41, 5.74) is 3.15. The van der Waals surface area contributed by atoms with Gasteiger partial charge in [-0.2, -0.15) is 0 Å². The predicted molar refractivity (Wildman–Crippen MR) is 156 cm³/mol. The fourth-order valence-corrected chi connectivity index (χ4v) is 5.69. The second-order valence-corrected chi connectivity index (χ2v) is 12.9. The summed E-state index contributed by atoms with van der Waals surface area (Å²) in [5, 5.41) is 3.82. The molecule has 2 aromatic carbocycles. The van der Waals surface area contributed by atoms with Crippen molar-refractivity contribution in [3.8, 4) is 0 Å². The van der Waals surface area contributed by atoms with Crippen molar-refractivity contribution >= 4 is 50.7 Å². The first-order valence-corrected chi connectivity index (χ1v) is 15.4. The molecule has 0 heterocycles. The number of aryl methyl sites for hydroxylation is 2. The van der Waals surface area contributed by atoms with Gasteiger partial charge in [0.05, 0.1) is 11.9 Å². The lowest BCUT2D eigenvalue weighted by Gasteiger charge is -2.31. The maximum Gasteiger partial charge on any atom is 0.242 e. The van der Waals surface area contributed by atoms with Crippen molar-refractivity contribution in [1.82, 2.24) is 10.2 Å². The smallest absolute Gasteiger partial charge is 0.242 e. The van der Waals surface area contributed by atoms with Gasteiger partial charge in [-0.3, -0.25) is 13.9 Å². The second kappa shape index (κ2) is 14.2. The molecule has 10 heteroatoms. The quantitative estimate of drug-likeness (QED) is 0.326. The van der Waals surface area contributed by atoms with Gasteiger partial charge in [0.25, 0.3) is 0 Å². The number of carbonyl (C=O) groups is 2. The largest absolute Gasteiger partial charge is 0.354 e. The van der Waals surface area contributed by atoms with Crippen LogP contribution in [0.4, 0.5) is 5.69 Å². The van der Waals surface area contributed by atoms with Crippen molar-refractivity contribution in [3.63, 3.8) is 0 Å². The van der Waals surface area contributed by atoms with Gasteiger partial charge in [-0.25, -0.2) is 8.42 Å². The van der Waals surface area contributed by atoms with Crippen LogP contribution in [0.1, 0.15) is 56.7 Å². The highest BCUT2D eigenvalue weighted by molar-refractivity contribution is 7.92. The second-order valence-electron chi connectivity index (χ2n) is 10.1.